The minimum Gasteiger partial charge on any atom is -0.376 e. The summed E-state index contributed by atoms with van der Waals surface area (Å²) in [7, 11) is 6.55. The summed E-state index contributed by atoms with van der Waals surface area (Å²) in [6.45, 7) is 16.2. The predicted octanol–water partition coefficient (Wildman–Crippen LogP) is 14.4. The number of carbonyl (C=O) groups is 4. The van der Waals surface area contributed by atoms with Gasteiger partial charge in [-0.1, -0.05) is 99.6 Å². The van der Waals surface area contributed by atoms with Crippen LogP contribution in [-0.4, -0.2) is 159 Å². The Hall–Kier alpha value is -6.21. The molecule has 0 atom stereocenters. The highest BCUT2D eigenvalue weighted by Gasteiger charge is 2.49. The lowest BCUT2D eigenvalue weighted by molar-refractivity contribution is -0.146. The van der Waals surface area contributed by atoms with E-state index in [-0.39, 0.29) is 64.7 Å². The highest BCUT2D eigenvalue weighted by molar-refractivity contribution is 6.30. The van der Waals surface area contributed by atoms with E-state index in [4.69, 9.17) is 27.9 Å². The fourth-order valence-corrected chi connectivity index (χ4v) is 16.8. The molecule has 0 N–H and O–H groups in total. The molecule has 14 nitrogen and oxygen atoms in total. The first kappa shape index (κ1) is 67.8. The Labute approximate surface area is 563 Å². The SMILES string of the molecule is CN1CCn2c(C(=O)C3CC3)ccc2C12CCN(C(=O)c1ccc(COCCC(F)(F)F)cc1)CC2.CN1CCn2c(Cl)ccc2C12CCN(C(=O)c1ccc(C(C)(C)C)cc1)CC2.CN1CCn2c(Cl)ccc2C12CCN(C(=O)c1ccc(C3CCCCC3)cc1)CC2. The van der Waals surface area contributed by atoms with Crippen molar-refractivity contribution in [1.29, 1.82) is 0 Å². The summed E-state index contributed by atoms with van der Waals surface area (Å²) in [5.41, 5.74) is 10.1. The van der Waals surface area contributed by atoms with E-state index >= 15 is 0 Å². The Morgan fingerprint density at radius 3 is 1.29 bits per heavy atom. The lowest BCUT2D eigenvalue weighted by Gasteiger charge is -2.50. The lowest BCUT2D eigenvalue weighted by atomic mass is 9.81. The number of likely N-dealkylation sites (N-methyl/N-ethyl adjacent to an activating group) is 3. The second-order valence-electron chi connectivity index (χ2n) is 28.9. The molecule has 6 aliphatic heterocycles. The van der Waals surface area contributed by atoms with Gasteiger partial charge in [-0.2, -0.15) is 13.2 Å². The fraction of sp³-hybridized carbons (Fsp3) is 0.547. The van der Waals surface area contributed by atoms with Crippen molar-refractivity contribution in [2.24, 2.45) is 5.92 Å². The molecule has 3 saturated heterocycles. The van der Waals surface area contributed by atoms with Crippen molar-refractivity contribution < 1.29 is 37.1 Å². The molecule has 0 unspecified atom stereocenters. The Kier molecular flexibility index (Phi) is 20.0. The minimum absolute atomic E-state index is 0.00693. The maximum Gasteiger partial charge on any atom is 0.391 e. The molecule has 94 heavy (non-hydrogen) atoms. The van der Waals surface area contributed by atoms with Crippen LogP contribution in [0.25, 0.3) is 0 Å². The first-order chi connectivity index (χ1) is 45.0. The summed E-state index contributed by atoms with van der Waals surface area (Å²) >= 11 is 12.8. The van der Waals surface area contributed by atoms with Crippen LogP contribution in [0, 0.1) is 5.92 Å². The number of fused-ring (bicyclic) bond motifs is 6. The van der Waals surface area contributed by atoms with Gasteiger partial charge in [-0.3, -0.25) is 33.9 Å². The summed E-state index contributed by atoms with van der Waals surface area (Å²) in [4.78, 5) is 65.4. The number of alkyl halides is 3. The summed E-state index contributed by atoms with van der Waals surface area (Å²) in [6, 6.07) is 36.0. The smallest absolute Gasteiger partial charge is 0.376 e. The van der Waals surface area contributed by atoms with Crippen LogP contribution in [0.4, 0.5) is 13.2 Å². The third-order valence-corrected chi connectivity index (χ3v) is 23.2. The van der Waals surface area contributed by atoms with Crippen LogP contribution in [0.5, 0.6) is 0 Å². The van der Waals surface area contributed by atoms with E-state index in [1.807, 2.05) is 57.2 Å². The molecule has 14 rings (SSSR count). The first-order valence-corrected chi connectivity index (χ1v) is 35.1. The van der Waals surface area contributed by atoms with E-state index in [1.54, 1.807) is 24.3 Å². The van der Waals surface area contributed by atoms with E-state index in [9.17, 15) is 32.3 Å². The van der Waals surface area contributed by atoms with Gasteiger partial charge in [0.1, 0.15) is 10.3 Å². The third kappa shape index (κ3) is 13.9. The van der Waals surface area contributed by atoms with Crippen molar-refractivity contribution in [2.45, 2.75) is 171 Å². The zero-order valence-corrected chi connectivity index (χ0v) is 57.3. The maximum absolute atomic E-state index is 13.2. The molecule has 2 aliphatic carbocycles. The molecule has 3 aromatic carbocycles. The quantitative estimate of drug-likeness (QED) is 0.0985. The minimum atomic E-state index is -4.23. The van der Waals surface area contributed by atoms with E-state index in [0.717, 1.165) is 150 Å². The summed E-state index contributed by atoms with van der Waals surface area (Å²) in [5.74, 6) is 1.41. The van der Waals surface area contributed by atoms with Crippen LogP contribution in [0.15, 0.2) is 109 Å². The lowest BCUT2D eigenvalue weighted by Crippen LogP contribution is -2.56. The molecule has 6 aromatic rings. The maximum atomic E-state index is 13.2. The fourth-order valence-electron chi connectivity index (χ4n) is 16.3. The second kappa shape index (κ2) is 27.7. The predicted molar refractivity (Wildman–Crippen MR) is 363 cm³/mol. The molecule has 5 fully saturated rings. The number of rotatable bonds is 10. The average Bonchev–Trinajstić information content (AvgIpc) is 1.46. The molecule has 9 heterocycles. The van der Waals surface area contributed by atoms with Crippen molar-refractivity contribution in [2.75, 3.05) is 86.7 Å². The monoisotopic (exact) mass is 1330 g/mol. The highest BCUT2D eigenvalue weighted by atomic mass is 35.5. The molecular formula is C75H94Cl2F3N9O5. The molecule has 3 spiro atoms. The van der Waals surface area contributed by atoms with E-state index in [1.165, 1.54) is 60.3 Å². The van der Waals surface area contributed by atoms with Crippen LogP contribution >= 0.6 is 23.2 Å². The van der Waals surface area contributed by atoms with Gasteiger partial charge in [0.25, 0.3) is 17.7 Å². The normalized spacial score (nSPS) is 20.6. The van der Waals surface area contributed by atoms with Crippen molar-refractivity contribution >= 4 is 46.7 Å². The molecule has 19 heteroatoms. The number of carbonyl (C=O) groups excluding carboxylic acids is 4. The zero-order valence-electron chi connectivity index (χ0n) is 55.8. The number of Topliss-reactive ketones (excluding diaryl/α,β-unsaturated/α-hetero) is 1. The van der Waals surface area contributed by atoms with E-state index in [0.29, 0.717) is 24.6 Å². The number of ketones is 1. The molecule has 3 aromatic heterocycles. The van der Waals surface area contributed by atoms with Crippen LogP contribution in [-0.2, 0) is 53.0 Å². The molecule has 8 aliphatic rings. The van der Waals surface area contributed by atoms with Gasteiger partial charge in [0.15, 0.2) is 5.78 Å². The number of hydrogen-bond donors (Lipinski definition) is 0. The molecule has 0 bridgehead atoms. The number of piperidine rings is 3. The van der Waals surface area contributed by atoms with Crippen LogP contribution in [0.1, 0.15) is 192 Å². The molecule has 0 radical (unpaired) electrons. The first-order valence-electron chi connectivity index (χ1n) is 34.4. The van der Waals surface area contributed by atoms with Crippen molar-refractivity contribution in [1.82, 2.24) is 43.1 Å². The summed E-state index contributed by atoms with van der Waals surface area (Å²) in [5, 5.41) is 1.65. The third-order valence-electron chi connectivity index (χ3n) is 22.5. The van der Waals surface area contributed by atoms with Gasteiger partial charge in [0, 0.05) is 118 Å². The zero-order chi connectivity index (χ0) is 66.3. The number of ether oxygens (including phenoxy) is 1. The van der Waals surface area contributed by atoms with Gasteiger partial charge in [-0.05, 0) is 186 Å². The van der Waals surface area contributed by atoms with Gasteiger partial charge >= 0.3 is 6.18 Å². The van der Waals surface area contributed by atoms with Crippen molar-refractivity contribution in [3.63, 3.8) is 0 Å². The molecular weight excluding hydrogens is 1230 g/mol. The van der Waals surface area contributed by atoms with Gasteiger partial charge in [0.2, 0.25) is 0 Å². The van der Waals surface area contributed by atoms with Crippen LogP contribution < -0.4 is 0 Å². The van der Waals surface area contributed by atoms with E-state index in [2.05, 4.69) is 113 Å². The summed E-state index contributed by atoms with van der Waals surface area (Å²) in [6.07, 6.45) is 8.79. The number of amides is 3. The highest BCUT2D eigenvalue weighted by Crippen LogP contribution is 2.46. The Morgan fingerprint density at radius 1 is 0.479 bits per heavy atom. The van der Waals surface area contributed by atoms with Gasteiger partial charge < -0.3 is 33.1 Å². The molecule has 504 valence electrons. The van der Waals surface area contributed by atoms with Crippen molar-refractivity contribution in [3.8, 4) is 0 Å². The Bertz CT molecular complexity index is 3650. The second-order valence-corrected chi connectivity index (χ2v) is 29.7. The number of benzene rings is 3. The number of hydrogen-bond acceptors (Lipinski definition) is 8. The Morgan fingerprint density at radius 2 is 0.872 bits per heavy atom. The van der Waals surface area contributed by atoms with Gasteiger partial charge in [0.05, 0.1) is 41.9 Å². The largest absolute Gasteiger partial charge is 0.391 e. The van der Waals surface area contributed by atoms with Gasteiger partial charge in [-0.15, -0.1) is 0 Å². The average molecular weight is 1330 g/mol. The Balaban J connectivity index is 0.000000137. The molecule has 3 amide bonds. The van der Waals surface area contributed by atoms with Gasteiger partial charge in [-0.25, -0.2) is 0 Å². The topological polar surface area (TPSA) is 112 Å². The number of likely N-dealkylation sites (tertiary alicyclic amines) is 3. The number of aromatic nitrogens is 3. The molecule has 2 saturated carbocycles. The standard InChI is InChI=1S/C27H32F3N3O3.C25H32ClN3O.C23H30ClN3O/c1-31-15-16-33-22(24(34)20-6-7-20)8-9-23(33)26(31)10-13-32(14-11-26)25(35)21-4-2-19(3-5-21)18-36-17-12-27(28,29)30;1-27-17-18-29-22(11-12-23(29)26)25(27)13-15-28(16-14-25)24(30)21-9-7-20(8-10-21)19-5-3-2-4-6-19;1-22(2,3)18-7-5-17(6-8-18)21(28)26-13-11-23(12-14-26)19-9-10-20(24)27(19)16-15-25(23)4/h2-5,8-9,20H,6-7,10-18H2,1H3;7-12,19H,2-6,13-18H2,1H3;5-10H,11-16H2,1-4H3. The number of nitrogens with zero attached hydrogens (tertiary/aromatic N) is 9. The van der Waals surface area contributed by atoms with Crippen LogP contribution in [0.3, 0.4) is 0 Å². The van der Waals surface area contributed by atoms with E-state index < -0.39 is 12.6 Å². The number of halogens is 5. The summed E-state index contributed by atoms with van der Waals surface area (Å²) < 4.78 is 48.5. The van der Waals surface area contributed by atoms with Crippen LogP contribution in [0.2, 0.25) is 10.3 Å². The van der Waals surface area contributed by atoms with Crippen molar-refractivity contribution in [3.05, 3.63) is 176 Å².